The van der Waals surface area contributed by atoms with Gasteiger partial charge in [-0.3, -0.25) is 10.1 Å². The van der Waals surface area contributed by atoms with Gasteiger partial charge < -0.3 is 5.32 Å². The molecule has 20 heavy (non-hydrogen) atoms. The maximum Gasteiger partial charge on any atom is 0.305 e. The lowest BCUT2D eigenvalue weighted by Gasteiger charge is -2.08. The average molecular weight is 288 g/mol. The van der Waals surface area contributed by atoms with E-state index in [1.165, 1.54) is 11.8 Å². The van der Waals surface area contributed by atoms with Crippen LogP contribution < -0.4 is 5.32 Å². The van der Waals surface area contributed by atoms with Gasteiger partial charge in [0.05, 0.1) is 9.82 Å². The third kappa shape index (κ3) is 3.51. The summed E-state index contributed by atoms with van der Waals surface area (Å²) in [5.74, 6) is 0.720. The number of nitrogens with zero attached hydrogens (tertiary/aromatic N) is 1. The number of nitro groups is 1. The molecule has 0 atom stereocenters. The maximum absolute atomic E-state index is 11.3. The quantitative estimate of drug-likeness (QED) is 0.488. The molecule has 4 nitrogen and oxygen atoms in total. The monoisotopic (exact) mass is 288 g/mol. The summed E-state index contributed by atoms with van der Waals surface area (Å²) in [6.07, 6.45) is 0. The fourth-order valence-corrected chi connectivity index (χ4v) is 2.91. The van der Waals surface area contributed by atoms with Gasteiger partial charge in [0, 0.05) is 12.3 Å². The molecule has 2 rings (SSSR count). The van der Waals surface area contributed by atoms with Crippen molar-refractivity contribution in [3.8, 4) is 0 Å². The van der Waals surface area contributed by atoms with Crippen molar-refractivity contribution in [3.05, 3.63) is 64.2 Å². The number of nitro benzene ring substituents is 1. The molecule has 2 aromatic carbocycles. The van der Waals surface area contributed by atoms with Crippen molar-refractivity contribution in [2.24, 2.45) is 0 Å². The molecule has 104 valence electrons. The van der Waals surface area contributed by atoms with E-state index < -0.39 is 0 Å². The first-order chi connectivity index (χ1) is 9.72. The van der Waals surface area contributed by atoms with E-state index in [0.29, 0.717) is 17.1 Å². The third-order valence-corrected chi connectivity index (χ3v) is 3.90. The van der Waals surface area contributed by atoms with Crippen LogP contribution in [0.25, 0.3) is 0 Å². The number of benzene rings is 2. The first-order valence-electron chi connectivity index (χ1n) is 6.40. The van der Waals surface area contributed by atoms with Crippen LogP contribution in [0.5, 0.6) is 0 Å². The van der Waals surface area contributed by atoms with Crippen molar-refractivity contribution in [3.63, 3.8) is 0 Å². The molecule has 2 aromatic rings. The highest BCUT2D eigenvalue weighted by atomic mass is 32.2. The summed E-state index contributed by atoms with van der Waals surface area (Å²) < 4.78 is 0. The number of nitrogens with one attached hydrogen (secondary N) is 1. The number of thioether (sulfide) groups is 1. The smallest absolute Gasteiger partial charge is 0.305 e. The van der Waals surface area contributed by atoms with Crippen LogP contribution >= 0.6 is 11.8 Å². The molecule has 0 radical (unpaired) electrons. The zero-order chi connectivity index (χ0) is 14.4. The SMILES string of the molecule is CCNc1cccc(SCc2ccccc2)c1[N+](=O)[O-]. The second-order valence-electron chi connectivity index (χ2n) is 4.21. The Labute approximate surface area is 122 Å². The summed E-state index contributed by atoms with van der Waals surface area (Å²) in [6.45, 7) is 2.58. The molecule has 0 spiro atoms. The molecule has 0 heterocycles. The van der Waals surface area contributed by atoms with E-state index in [0.717, 1.165) is 11.3 Å². The fourth-order valence-electron chi connectivity index (χ4n) is 1.90. The van der Waals surface area contributed by atoms with E-state index in [2.05, 4.69) is 5.32 Å². The molecule has 0 aliphatic rings. The first-order valence-corrected chi connectivity index (χ1v) is 7.39. The van der Waals surface area contributed by atoms with Crippen LogP contribution in [0.15, 0.2) is 53.4 Å². The highest BCUT2D eigenvalue weighted by molar-refractivity contribution is 7.98. The lowest BCUT2D eigenvalue weighted by Crippen LogP contribution is -2.02. The Morgan fingerprint density at radius 3 is 2.55 bits per heavy atom. The highest BCUT2D eigenvalue weighted by Crippen LogP contribution is 2.36. The Hall–Kier alpha value is -2.01. The van der Waals surface area contributed by atoms with Gasteiger partial charge in [-0.2, -0.15) is 0 Å². The maximum atomic E-state index is 11.3. The second kappa shape index (κ2) is 6.96. The number of anilines is 1. The number of rotatable bonds is 6. The molecule has 1 N–H and O–H groups in total. The Balaban J connectivity index is 2.22. The van der Waals surface area contributed by atoms with Crippen LogP contribution in [0.2, 0.25) is 0 Å². The summed E-state index contributed by atoms with van der Waals surface area (Å²) in [4.78, 5) is 11.7. The van der Waals surface area contributed by atoms with Gasteiger partial charge in [-0.15, -0.1) is 11.8 Å². The molecular weight excluding hydrogens is 272 g/mol. The van der Waals surface area contributed by atoms with E-state index in [1.54, 1.807) is 12.1 Å². The van der Waals surface area contributed by atoms with E-state index in [-0.39, 0.29) is 10.6 Å². The molecular formula is C15H16N2O2S. The Bertz CT molecular complexity index is 588. The van der Waals surface area contributed by atoms with Crippen molar-refractivity contribution in [2.45, 2.75) is 17.6 Å². The van der Waals surface area contributed by atoms with Crippen molar-refractivity contribution >= 4 is 23.1 Å². The molecule has 0 aliphatic carbocycles. The molecule has 0 aromatic heterocycles. The first kappa shape index (κ1) is 14.4. The number of para-hydroxylation sites is 1. The summed E-state index contributed by atoms with van der Waals surface area (Å²) in [7, 11) is 0. The van der Waals surface area contributed by atoms with Gasteiger partial charge in [0.25, 0.3) is 0 Å². The molecule has 0 unspecified atom stereocenters. The average Bonchev–Trinajstić information content (AvgIpc) is 2.46. The lowest BCUT2D eigenvalue weighted by molar-refractivity contribution is -0.386. The summed E-state index contributed by atoms with van der Waals surface area (Å²) in [6, 6.07) is 15.3. The summed E-state index contributed by atoms with van der Waals surface area (Å²) >= 11 is 1.49. The lowest BCUT2D eigenvalue weighted by atomic mass is 10.2. The zero-order valence-corrected chi connectivity index (χ0v) is 12.0. The fraction of sp³-hybridized carbons (Fsp3) is 0.200. The van der Waals surface area contributed by atoms with E-state index >= 15 is 0 Å². The molecule has 0 fully saturated rings. The third-order valence-electron chi connectivity index (χ3n) is 2.79. The molecule has 0 amide bonds. The second-order valence-corrected chi connectivity index (χ2v) is 5.23. The van der Waals surface area contributed by atoms with Gasteiger partial charge in [-0.1, -0.05) is 36.4 Å². The molecule has 0 bridgehead atoms. The largest absolute Gasteiger partial charge is 0.380 e. The van der Waals surface area contributed by atoms with Crippen molar-refractivity contribution in [1.82, 2.24) is 0 Å². The summed E-state index contributed by atoms with van der Waals surface area (Å²) in [5, 5.41) is 14.3. The van der Waals surface area contributed by atoms with E-state index in [9.17, 15) is 10.1 Å². The van der Waals surface area contributed by atoms with Crippen molar-refractivity contribution in [1.29, 1.82) is 0 Å². The molecule has 0 aliphatic heterocycles. The Morgan fingerprint density at radius 1 is 1.15 bits per heavy atom. The molecule has 5 heteroatoms. The minimum atomic E-state index is -0.314. The van der Waals surface area contributed by atoms with Crippen LogP contribution in [0.1, 0.15) is 12.5 Å². The van der Waals surface area contributed by atoms with Gasteiger partial charge in [0.1, 0.15) is 5.69 Å². The normalized spacial score (nSPS) is 10.2. The molecule has 0 saturated carbocycles. The Morgan fingerprint density at radius 2 is 1.90 bits per heavy atom. The topological polar surface area (TPSA) is 55.2 Å². The standard InChI is InChI=1S/C15H16N2O2S/c1-2-16-13-9-6-10-14(15(13)17(18)19)20-11-12-7-4-3-5-8-12/h3-10,16H,2,11H2,1H3. The van der Waals surface area contributed by atoms with Crippen LogP contribution in [-0.2, 0) is 5.75 Å². The van der Waals surface area contributed by atoms with Crippen LogP contribution in [-0.4, -0.2) is 11.5 Å². The van der Waals surface area contributed by atoms with Gasteiger partial charge in [-0.05, 0) is 24.6 Å². The van der Waals surface area contributed by atoms with E-state index in [4.69, 9.17) is 0 Å². The van der Waals surface area contributed by atoms with Gasteiger partial charge >= 0.3 is 5.69 Å². The van der Waals surface area contributed by atoms with Gasteiger partial charge in [0.15, 0.2) is 0 Å². The van der Waals surface area contributed by atoms with Crippen molar-refractivity contribution in [2.75, 3.05) is 11.9 Å². The van der Waals surface area contributed by atoms with Crippen molar-refractivity contribution < 1.29 is 4.92 Å². The van der Waals surface area contributed by atoms with E-state index in [1.807, 2.05) is 43.3 Å². The van der Waals surface area contributed by atoms with Crippen LogP contribution in [0, 0.1) is 10.1 Å². The minimum Gasteiger partial charge on any atom is -0.380 e. The minimum absolute atomic E-state index is 0.162. The predicted molar refractivity (Wildman–Crippen MR) is 83.3 cm³/mol. The van der Waals surface area contributed by atoms with Crippen LogP contribution in [0.4, 0.5) is 11.4 Å². The van der Waals surface area contributed by atoms with Gasteiger partial charge in [0.2, 0.25) is 0 Å². The zero-order valence-electron chi connectivity index (χ0n) is 11.2. The Kier molecular flexibility index (Phi) is 5.01. The van der Waals surface area contributed by atoms with Crippen LogP contribution in [0.3, 0.4) is 0 Å². The number of hydrogen-bond acceptors (Lipinski definition) is 4. The summed E-state index contributed by atoms with van der Waals surface area (Å²) in [5.41, 5.74) is 1.89. The molecule has 0 saturated heterocycles. The number of hydrogen-bond donors (Lipinski definition) is 1. The highest BCUT2D eigenvalue weighted by Gasteiger charge is 2.19. The van der Waals surface area contributed by atoms with Gasteiger partial charge in [-0.25, -0.2) is 0 Å². The predicted octanol–water partition coefficient (Wildman–Crippen LogP) is 4.32.